The number of hydrogen-bond donors (Lipinski definition) is 2. The van der Waals surface area contributed by atoms with Crippen LogP contribution >= 0.6 is 0 Å². The van der Waals surface area contributed by atoms with Gasteiger partial charge in [0.25, 0.3) is 23.6 Å². The smallest absolute Gasteiger partial charge is 0.261 e. The van der Waals surface area contributed by atoms with Crippen LogP contribution in [0.2, 0.25) is 0 Å². The van der Waals surface area contributed by atoms with Crippen LogP contribution in [0, 0.1) is 10.8 Å². The fourth-order valence-corrected chi connectivity index (χ4v) is 9.49. The lowest BCUT2D eigenvalue weighted by Crippen LogP contribution is -3.00. The number of rotatable bonds is 15. The van der Waals surface area contributed by atoms with Crippen molar-refractivity contribution in [3.63, 3.8) is 0 Å². The summed E-state index contributed by atoms with van der Waals surface area (Å²) in [7, 11) is 8.92. The molecule has 12 heteroatoms. The number of hydrogen-bond acceptors (Lipinski definition) is 6. The second kappa shape index (κ2) is 16.6. The second-order valence-electron chi connectivity index (χ2n) is 18.6. The first-order chi connectivity index (χ1) is 25.2. The Balaban J connectivity index is 0.00000348. The van der Waals surface area contributed by atoms with Gasteiger partial charge in [-0.1, -0.05) is 52.0 Å². The zero-order valence-corrected chi connectivity index (χ0v) is 37.3. The zero-order valence-electron chi connectivity index (χ0n) is 34.2. The van der Waals surface area contributed by atoms with Crippen LogP contribution in [0.3, 0.4) is 0 Å². The van der Waals surface area contributed by atoms with Crippen LogP contribution in [0.15, 0.2) is 60.7 Å². The van der Waals surface area contributed by atoms with Gasteiger partial charge in [0.15, 0.2) is 0 Å². The van der Waals surface area contributed by atoms with Crippen LogP contribution < -0.4 is 45.4 Å². The molecule has 0 bridgehead atoms. The first-order valence-corrected chi connectivity index (χ1v) is 19.2. The maximum Gasteiger partial charge on any atom is 0.261 e. The number of anilines is 2. The number of quaternary nitrogens is 2. The molecule has 4 N–H and O–H groups in total. The van der Waals surface area contributed by atoms with Gasteiger partial charge in [0.2, 0.25) is 0 Å². The molecule has 0 unspecified atom stereocenters. The number of carbonyl (C=O) groups is 4. The molecule has 6 rings (SSSR count). The molecule has 2 heterocycles. The van der Waals surface area contributed by atoms with Crippen molar-refractivity contribution >= 4 is 56.5 Å². The molecule has 4 amide bonds. The highest BCUT2D eigenvalue weighted by Gasteiger charge is 2.40. The van der Waals surface area contributed by atoms with E-state index in [1.165, 1.54) is 9.80 Å². The molecule has 10 nitrogen and oxygen atoms in total. The van der Waals surface area contributed by atoms with Gasteiger partial charge in [-0.25, -0.2) is 0 Å². The minimum absolute atomic E-state index is 0. The fraction of sp³-hybridized carbons (Fsp3) is 0.455. The van der Waals surface area contributed by atoms with E-state index >= 15 is 0 Å². The normalized spacial score (nSPS) is 14.7. The quantitative estimate of drug-likeness (QED) is 0.0789. The highest BCUT2D eigenvalue weighted by molar-refractivity contribution is 6.27. The number of nitrogen functional groups attached to an aromatic ring is 2. The van der Waals surface area contributed by atoms with Crippen molar-refractivity contribution in [1.29, 1.82) is 0 Å². The Kier molecular flexibility index (Phi) is 13.3. The minimum Gasteiger partial charge on any atom is -1.00 e. The molecule has 0 aliphatic carbocycles. The van der Waals surface area contributed by atoms with E-state index in [4.69, 9.17) is 11.5 Å². The Bertz CT molecular complexity index is 1980. The van der Waals surface area contributed by atoms with E-state index in [0.29, 0.717) is 57.5 Å². The summed E-state index contributed by atoms with van der Waals surface area (Å²) in [5, 5.41) is 2.81. The van der Waals surface area contributed by atoms with Crippen LogP contribution in [-0.2, 0) is 0 Å². The molecular weight excluding hydrogens is 836 g/mol. The molecule has 56 heavy (non-hydrogen) atoms. The highest BCUT2D eigenvalue weighted by Crippen LogP contribution is 2.37. The number of amides is 4. The van der Waals surface area contributed by atoms with Gasteiger partial charge < -0.3 is 54.4 Å². The maximum absolute atomic E-state index is 13.6. The summed E-state index contributed by atoms with van der Waals surface area (Å²) in [5.74, 6) is -1.02. The van der Waals surface area contributed by atoms with Gasteiger partial charge in [-0.3, -0.25) is 29.0 Å². The summed E-state index contributed by atoms with van der Waals surface area (Å²) < 4.78 is 1.59. The topological polar surface area (TPSA) is 127 Å². The molecule has 0 radical (unpaired) electrons. The molecule has 0 aromatic heterocycles. The van der Waals surface area contributed by atoms with Crippen molar-refractivity contribution in [2.24, 2.45) is 10.8 Å². The number of benzene rings is 4. The van der Waals surface area contributed by atoms with Crippen molar-refractivity contribution in [3.8, 4) is 0 Å². The summed E-state index contributed by atoms with van der Waals surface area (Å²) >= 11 is 0. The lowest BCUT2D eigenvalue weighted by atomic mass is 9.87. The predicted octanol–water partition coefficient (Wildman–Crippen LogP) is 0.823. The standard InChI is InChI=1S/C44H56N6O4.2BrH/c1-43(2,25-47-39(51)31-17-13-15-29-35(45)21-19-33(37(29)31)41(47)53)27-49(5,6)23-11-9-10-12-24-50(7,8)28-44(3,4)26-48-40(52)32-18-14-16-30-36(46)22-20-34(38(30)32)42(48)54;;/h13-22H,9-12,23-28H2,1-8H3,(H2-2,45,46,51,52,53,54);2*1H. The van der Waals surface area contributed by atoms with E-state index in [1.54, 1.807) is 36.4 Å². The van der Waals surface area contributed by atoms with Crippen LogP contribution in [-0.4, -0.2) is 110 Å². The van der Waals surface area contributed by atoms with Crippen LogP contribution in [0.25, 0.3) is 21.5 Å². The molecule has 4 aromatic carbocycles. The predicted molar refractivity (Wildman–Crippen MR) is 217 cm³/mol. The van der Waals surface area contributed by atoms with Crippen LogP contribution in [0.4, 0.5) is 11.4 Å². The van der Waals surface area contributed by atoms with Gasteiger partial charge in [0.1, 0.15) is 0 Å². The average Bonchev–Trinajstić information content (AvgIpc) is 3.08. The molecule has 4 aromatic rings. The van der Waals surface area contributed by atoms with E-state index in [2.05, 4.69) is 55.9 Å². The third kappa shape index (κ3) is 9.14. The number of unbranched alkanes of at least 4 members (excludes halogenated alkanes) is 3. The van der Waals surface area contributed by atoms with Crippen molar-refractivity contribution in [2.75, 3.05) is 78.9 Å². The number of carbonyl (C=O) groups excluding carboxylic acids is 4. The number of imide groups is 2. The molecule has 0 spiro atoms. The van der Waals surface area contributed by atoms with E-state index < -0.39 is 0 Å². The number of halogens is 2. The van der Waals surface area contributed by atoms with Crippen molar-refractivity contribution in [1.82, 2.24) is 9.80 Å². The van der Waals surface area contributed by atoms with Gasteiger partial charge in [0.05, 0.1) is 54.4 Å². The van der Waals surface area contributed by atoms with Crippen LogP contribution in [0.5, 0.6) is 0 Å². The molecule has 2 aliphatic heterocycles. The van der Waals surface area contributed by atoms with Crippen molar-refractivity contribution in [3.05, 3.63) is 82.9 Å². The largest absolute Gasteiger partial charge is 1.00 e. The second-order valence-corrected chi connectivity index (χ2v) is 18.6. The lowest BCUT2D eigenvalue weighted by molar-refractivity contribution is -0.897. The lowest BCUT2D eigenvalue weighted by Gasteiger charge is -2.40. The van der Waals surface area contributed by atoms with Gasteiger partial charge in [-0.2, -0.15) is 0 Å². The monoisotopic (exact) mass is 892 g/mol. The Hall–Kier alpha value is -3.84. The molecule has 0 fully saturated rings. The van der Waals surface area contributed by atoms with Crippen molar-refractivity contribution < 1.29 is 62.1 Å². The molecule has 0 atom stereocenters. The molecule has 0 saturated heterocycles. The Morgan fingerprint density at radius 3 is 1.16 bits per heavy atom. The zero-order chi connectivity index (χ0) is 39.4. The fourth-order valence-electron chi connectivity index (χ4n) is 9.49. The Morgan fingerprint density at radius 1 is 0.500 bits per heavy atom. The summed E-state index contributed by atoms with van der Waals surface area (Å²) in [6.07, 6.45) is 4.40. The van der Waals surface area contributed by atoms with E-state index in [0.717, 1.165) is 71.6 Å². The molecular formula is C44H58Br2N6O4. The van der Waals surface area contributed by atoms with Gasteiger partial charge in [-0.05, 0) is 62.1 Å². The Morgan fingerprint density at radius 2 is 0.821 bits per heavy atom. The van der Waals surface area contributed by atoms with Gasteiger partial charge >= 0.3 is 0 Å². The maximum atomic E-state index is 13.6. The first kappa shape index (κ1) is 44.9. The molecule has 0 saturated carbocycles. The number of nitrogens with two attached hydrogens (primary N) is 2. The Labute approximate surface area is 352 Å². The van der Waals surface area contributed by atoms with E-state index in [1.807, 2.05) is 24.3 Å². The number of nitrogens with zero attached hydrogens (tertiary/aromatic N) is 4. The van der Waals surface area contributed by atoms with Crippen molar-refractivity contribution in [2.45, 2.75) is 53.4 Å². The first-order valence-electron chi connectivity index (χ1n) is 19.2. The summed E-state index contributed by atoms with van der Waals surface area (Å²) in [5.41, 5.74) is 15.0. The summed E-state index contributed by atoms with van der Waals surface area (Å²) in [6.45, 7) is 12.9. The van der Waals surface area contributed by atoms with Gasteiger partial charge in [-0.15, -0.1) is 0 Å². The van der Waals surface area contributed by atoms with Gasteiger partial charge in [0, 0.05) is 79.1 Å². The van der Waals surface area contributed by atoms with E-state index in [-0.39, 0.29) is 68.4 Å². The van der Waals surface area contributed by atoms with E-state index in [9.17, 15) is 19.2 Å². The SMILES string of the molecule is CC(C)(CN1C(=O)c2cccc3c(N)ccc(c23)C1=O)C[N+](C)(C)CCCCCC[N+](C)(C)CC(C)(C)CN1C(=O)c2cccc3c(N)ccc(c23)C1=O.[Br-].[Br-]. The highest BCUT2D eigenvalue weighted by atomic mass is 79.9. The third-order valence-corrected chi connectivity index (χ3v) is 11.2. The minimum atomic E-state index is -0.295. The summed E-state index contributed by atoms with van der Waals surface area (Å²) in [4.78, 5) is 57.3. The third-order valence-electron chi connectivity index (χ3n) is 11.2. The average molecular weight is 895 g/mol. The van der Waals surface area contributed by atoms with Crippen LogP contribution in [0.1, 0.15) is 94.8 Å². The molecule has 2 aliphatic rings. The molecule has 302 valence electrons. The summed E-state index contributed by atoms with van der Waals surface area (Å²) in [6, 6.07) is 17.9.